The number of carbonyl (C=O) groups is 3. The summed E-state index contributed by atoms with van der Waals surface area (Å²) in [5.41, 5.74) is 2.05. The minimum atomic E-state index is -3.79. The Morgan fingerprint density at radius 3 is 2.46 bits per heavy atom. The summed E-state index contributed by atoms with van der Waals surface area (Å²) < 4.78 is 27.7. The molecule has 1 aromatic heterocycles. The fourth-order valence-corrected chi connectivity index (χ4v) is 7.75. The minimum absolute atomic E-state index is 0.257. The van der Waals surface area contributed by atoms with Gasteiger partial charge in [0.25, 0.3) is 5.91 Å². The molecule has 4 heterocycles. The molecule has 3 unspecified atom stereocenters. The third-order valence-electron chi connectivity index (χ3n) is 8.27. The SMILES string of the molecule is CCCC(NC(=O)c1ccc(N2CCN(C)CC2)cc1)C(=O)N1CCC2C1C(=O)CN2S(=O)(=O)Cc1cccnc1. The van der Waals surface area contributed by atoms with Crippen LogP contribution >= 0.6 is 0 Å². The van der Waals surface area contributed by atoms with Crippen LogP contribution in [0.1, 0.15) is 42.1 Å². The van der Waals surface area contributed by atoms with Crippen molar-refractivity contribution in [3.8, 4) is 0 Å². The summed E-state index contributed by atoms with van der Waals surface area (Å²) in [4.78, 5) is 50.0. The second kappa shape index (κ2) is 12.3. The van der Waals surface area contributed by atoms with Gasteiger partial charge in [0.2, 0.25) is 15.9 Å². The molecule has 0 saturated carbocycles. The second-order valence-electron chi connectivity index (χ2n) is 11.1. The number of amides is 2. The molecule has 0 aliphatic carbocycles. The van der Waals surface area contributed by atoms with Gasteiger partial charge in [-0.05, 0) is 55.8 Å². The van der Waals surface area contributed by atoms with Gasteiger partial charge in [-0.1, -0.05) is 19.4 Å². The van der Waals surface area contributed by atoms with Crippen LogP contribution in [0.25, 0.3) is 0 Å². The van der Waals surface area contributed by atoms with Gasteiger partial charge in [-0.2, -0.15) is 4.31 Å². The highest BCUT2D eigenvalue weighted by Gasteiger charge is 2.54. The van der Waals surface area contributed by atoms with Gasteiger partial charge in [0.1, 0.15) is 12.1 Å². The Balaban J connectivity index is 1.25. The fraction of sp³-hybridized carbons (Fsp3) is 0.517. The van der Waals surface area contributed by atoms with Gasteiger partial charge in [-0.3, -0.25) is 19.4 Å². The van der Waals surface area contributed by atoms with Gasteiger partial charge in [0.05, 0.1) is 18.3 Å². The molecule has 3 aliphatic heterocycles. The summed E-state index contributed by atoms with van der Waals surface area (Å²) in [5.74, 6) is -1.25. The Morgan fingerprint density at radius 1 is 1.07 bits per heavy atom. The van der Waals surface area contributed by atoms with E-state index in [1.165, 1.54) is 15.4 Å². The van der Waals surface area contributed by atoms with E-state index in [2.05, 4.69) is 27.1 Å². The Morgan fingerprint density at radius 2 is 1.80 bits per heavy atom. The predicted molar refractivity (Wildman–Crippen MR) is 155 cm³/mol. The number of Topliss-reactive ketones (excluding diaryl/α,β-unsaturated/α-hetero) is 1. The maximum absolute atomic E-state index is 13.7. The number of benzene rings is 1. The second-order valence-corrected chi connectivity index (χ2v) is 13.0. The van der Waals surface area contributed by atoms with Crippen LogP contribution in [0.5, 0.6) is 0 Å². The number of carbonyl (C=O) groups excluding carboxylic acids is 3. The highest BCUT2D eigenvalue weighted by Crippen LogP contribution is 2.33. The molecule has 1 N–H and O–H groups in total. The minimum Gasteiger partial charge on any atom is -0.369 e. The van der Waals surface area contributed by atoms with E-state index in [0.717, 1.165) is 31.9 Å². The van der Waals surface area contributed by atoms with Crippen molar-refractivity contribution in [1.29, 1.82) is 0 Å². The summed E-state index contributed by atoms with van der Waals surface area (Å²) in [6.45, 7) is 5.75. The van der Waals surface area contributed by atoms with E-state index in [-0.39, 0.29) is 36.4 Å². The van der Waals surface area contributed by atoms with Crippen molar-refractivity contribution in [1.82, 2.24) is 24.4 Å². The first-order chi connectivity index (χ1) is 19.7. The number of sulfonamides is 1. The first-order valence-electron chi connectivity index (χ1n) is 14.2. The first kappa shape index (κ1) is 29.2. The number of hydrogen-bond acceptors (Lipinski definition) is 8. The van der Waals surface area contributed by atoms with Crippen molar-refractivity contribution >= 4 is 33.3 Å². The molecule has 220 valence electrons. The molecule has 11 nitrogen and oxygen atoms in total. The van der Waals surface area contributed by atoms with Crippen LogP contribution in [0.4, 0.5) is 5.69 Å². The molecule has 1 aromatic carbocycles. The molecule has 3 aliphatic rings. The molecule has 0 spiro atoms. The maximum atomic E-state index is 13.7. The third kappa shape index (κ3) is 6.29. The van der Waals surface area contributed by atoms with Gasteiger partial charge in [0, 0.05) is 56.4 Å². The number of piperazine rings is 1. The van der Waals surface area contributed by atoms with Crippen molar-refractivity contribution in [3.63, 3.8) is 0 Å². The van der Waals surface area contributed by atoms with Crippen molar-refractivity contribution < 1.29 is 22.8 Å². The van der Waals surface area contributed by atoms with E-state index in [9.17, 15) is 22.8 Å². The Bertz CT molecular complexity index is 1360. The van der Waals surface area contributed by atoms with Crippen LogP contribution in [0.2, 0.25) is 0 Å². The average molecular weight is 583 g/mol. The van der Waals surface area contributed by atoms with E-state index >= 15 is 0 Å². The van der Waals surface area contributed by atoms with Gasteiger partial charge >= 0.3 is 0 Å². The zero-order chi connectivity index (χ0) is 29.1. The number of likely N-dealkylation sites (tertiary alicyclic amines) is 1. The van der Waals surface area contributed by atoms with E-state index < -0.39 is 28.1 Å². The van der Waals surface area contributed by atoms with Crippen LogP contribution in [0.15, 0.2) is 48.8 Å². The smallest absolute Gasteiger partial charge is 0.251 e. The largest absolute Gasteiger partial charge is 0.369 e. The van der Waals surface area contributed by atoms with Crippen LogP contribution in [-0.4, -0.2) is 110 Å². The summed E-state index contributed by atoms with van der Waals surface area (Å²) in [6, 6.07) is 8.50. The molecule has 3 atom stereocenters. The molecule has 0 bridgehead atoms. The van der Waals surface area contributed by atoms with Gasteiger partial charge in [0.15, 0.2) is 5.78 Å². The molecule has 0 radical (unpaired) electrons. The van der Waals surface area contributed by atoms with E-state index in [0.29, 0.717) is 30.4 Å². The number of pyridine rings is 1. The highest BCUT2D eigenvalue weighted by atomic mass is 32.2. The number of ketones is 1. The molecule has 12 heteroatoms. The fourth-order valence-electron chi connectivity index (χ4n) is 6.04. The van der Waals surface area contributed by atoms with E-state index in [1.54, 1.807) is 30.5 Å². The summed E-state index contributed by atoms with van der Waals surface area (Å²) in [6.07, 6.45) is 4.50. The molecular weight excluding hydrogens is 544 g/mol. The van der Waals surface area contributed by atoms with Crippen LogP contribution < -0.4 is 10.2 Å². The van der Waals surface area contributed by atoms with Crippen LogP contribution in [0.3, 0.4) is 0 Å². The Labute approximate surface area is 241 Å². The molecule has 41 heavy (non-hydrogen) atoms. The highest BCUT2D eigenvalue weighted by molar-refractivity contribution is 7.88. The summed E-state index contributed by atoms with van der Waals surface area (Å²) in [7, 11) is -1.69. The number of hydrogen-bond donors (Lipinski definition) is 1. The van der Waals surface area contributed by atoms with Gasteiger partial charge in [-0.25, -0.2) is 8.42 Å². The quantitative estimate of drug-likeness (QED) is 0.467. The first-order valence-corrected chi connectivity index (χ1v) is 15.8. The topological polar surface area (TPSA) is 123 Å². The number of nitrogens with one attached hydrogen (secondary N) is 1. The van der Waals surface area contributed by atoms with Crippen molar-refractivity contribution in [2.24, 2.45) is 0 Å². The summed E-state index contributed by atoms with van der Waals surface area (Å²) >= 11 is 0. The maximum Gasteiger partial charge on any atom is 0.251 e. The Kier molecular flexibility index (Phi) is 8.71. The lowest BCUT2D eigenvalue weighted by atomic mass is 10.1. The number of likely N-dealkylation sites (N-methyl/N-ethyl adjacent to an activating group) is 1. The van der Waals surface area contributed by atoms with E-state index in [1.807, 2.05) is 19.1 Å². The lowest BCUT2D eigenvalue weighted by Crippen LogP contribution is -2.52. The zero-order valence-electron chi connectivity index (χ0n) is 23.6. The third-order valence-corrected chi connectivity index (χ3v) is 10.1. The normalized spacial score (nSPS) is 22.5. The zero-order valence-corrected chi connectivity index (χ0v) is 24.4. The lowest BCUT2D eigenvalue weighted by molar-refractivity contribution is -0.138. The molecule has 2 aromatic rings. The average Bonchev–Trinajstić information content (AvgIpc) is 3.55. The van der Waals surface area contributed by atoms with Crippen molar-refractivity contribution in [2.75, 3.05) is 51.2 Å². The standard InChI is InChI=1S/C29H38N6O5S/c1-3-5-24(31-28(37)22-7-9-23(10-8-22)33-16-14-32(2)15-17-33)29(38)34-13-11-25-27(34)26(36)19-35(25)41(39,40)20-21-6-4-12-30-18-21/h4,6-10,12,18,24-25,27H,3,5,11,13-17,19-20H2,1-2H3,(H,31,37). The van der Waals surface area contributed by atoms with Crippen molar-refractivity contribution in [3.05, 3.63) is 59.9 Å². The molecular formula is C29H38N6O5S. The lowest BCUT2D eigenvalue weighted by Gasteiger charge is -2.34. The van der Waals surface area contributed by atoms with Crippen LogP contribution in [0, 0.1) is 0 Å². The molecule has 5 rings (SSSR count). The number of anilines is 1. The van der Waals surface area contributed by atoms with Gasteiger partial charge in [-0.15, -0.1) is 0 Å². The number of aromatic nitrogens is 1. The predicted octanol–water partition coefficient (Wildman–Crippen LogP) is 1.12. The summed E-state index contributed by atoms with van der Waals surface area (Å²) in [5, 5.41) is 2.88. The number of nitrogens with zero attached hydrogens (tertiary/aromatic N) is 5. The number of fused-ring (bicyclic) bond motifs is 1. The number of rotatable bonds is 9. The Hall–Kier alpha value is -3.35. The van der Waals surface area contributed by atoms with Crippen LogP contribution in [-0.2, 0) is 25.4 Å². The molecule has 2 amide bonds. The van der Waals surface area contributed by atoms with E-state index in [4.69, 9.17) is 0 Å². The monoisotopic (exact) mass is 582 g/mol. The van der Waals surface area contributed by atoms with Gasteiger partial charge < -0.3 is 20.0 Å². The molecule has 3 saturated heterocycles. The van der Waals surface area contributed by atoms with Crippen molar-refractivity contribution in [2.45, 2.75) is 50.1 Å². The molecule has 3 fully saturated rings.